The standard InChI is InChI=1S/C28H20ClFN2O2/c1-18-10-12-22(15-25(18)29)32-28(33)21(16-31)14-24-23-8-4-2-6-19(23)11-13-27(24)34-17-20-7-3-5-9-26(20)30/h2-15H,17H2,1H3,(H,32,33)/b21-14+. The molecule has 0 saturated carbocycles. The second kappa shape index (κ2) is 10.2. The van der Waals surface area contributed by atoms with E-state index < -0.39 is 5.91 Å². The van der Waals surface area contributed by atoms with Gasteiger partial charge >= 0.3 is 0 Å². The van der Waals surface area contributed by atoms with Crippen LogP contribution in [0, 0.1) is 24.1 Å². The molecule has 4 rings (SSSR count). The summed E-state index contributed by atoms with van der Waals surface area (Å²) in [6, 6.07) is 24.7. The van der Waals surface area contributed by atoms with Crippen molar-refractivity contribution in [1.82, 2.24) is 0 Å². The molecule has 0 saturated heterocycles. The Labute approximate surface area is 201 Å². The molecule has 0 radical (unpaired) electrons. The summed E-state index contributed by atoms with van der Waals surface area (Å²) >= 11 is 6.15. The van der Waals surface area contributed by atoms with Gasteiger partial charge in [-0.25, -0.2) is 4.39 Å². The van der Waals surface area contributed by atoms with E-state index in [1.165, 1.54) is 12.1 Å². The lowest BCUT2D eigenvalue weighted by Gasteiger charge is -2.13. The molecule has 0 aliphatic heterocycles. The Morgan fingerprint density at radius 2 is 1.85 bits per heavy atom. The maximum absolute atomic E-state index is 14.1. The van der Waals surface area contributed by atoms with E-state index in [1.807, 2.05) is 43.3 Å². The minimum Gasteiger partial charge on any atom is -0.488 e. The minimum absolute atomic E-state index is 0.00179. The number of amides is 1. The zero-order valence-electron chi connectivity index (χ0n) is 18.3. The van der Waals surface area contributed by atoms with Crippen LogP contribution in [-0.4, -0.2) is 5.91 Å². The Morgan fingerprint density at radius 3 is 2.62 bits per heavy atom. The molecule has 4 aromatic rings. The van der Waals surface area contributed by atoms with Gasteiger partial charge in [0.15, 0.2) is 0 Å². The first-order chi connectivity index (χ1) is 16.5. The van der Waals surface area contributed by atoms with Crippen molar-refractivity contribution in [2.75, 3.05) is 5.32 Å². The Kier molecular flexibility index (Phi) is 6.91. The molecule has 0 heterocycles. The minimum atomic E-state index is -0.574. The smallest absolute Gasteiger partial charge is 0.266 e. The largest absolute Gasteiger partial charge is 0.488 e. The Bertz CT molecular complexity index is 1460. The molecule has 0 atom stereocenters. The lowest BCUT2D eigenvalue weighted by molar-refractivity contribution is -0.112. The van der Waals surface area contributed by atoms with Crippen LogP contribution in [0.2, 0.25) is 5.02 Å². The van der Waals surface area contributed by atoms with Gasteiger partial charge in [-0.1, -0.05) is 66.2 Å². The number of hydrogen-bond acceptors (Lipinski definition) is 3. The van der Waals surface area contributed by atoms with Crippen LogP contribution in [0.1, 0.15) is 16.7 Å². The number of nitriles is 1. The first kappa shape index (κ1) is 23.0. The van der Waals surface area contributed by atoms with Crippen LogP contribution in [0.15, 0.2) is 84.4 Å². The zero-order chi connectivity index (χ0) is 24.1. The number of halogens is 2. The van der Waals surface area contributed by atoms with Gasteiger partial charge in [0.2, 0.25) is 0 Å². The lowest BCUT2D eigenvalue weighted by Crippen LogP contribution is -2.13. The van der Waals surface area contributed by atoms with Gasteiger partial charge in [-0.15, -0.1) is 0 Å². The predicted molar refractivity (Wildman–Crippen MR) is 133 cm³/mol. The first-order valence-corrected chi connectivity index (χ1v) is 10.9. The van der Waals surface area contributed by atoms with Crippen molar-refractivity contribution < 1.29 is 13.9 Å². The molecule has 6 heteroatoms. The van der Waals surface area contributed by atoms with E-state index in [1.54, 1.807) is 42.5 Å². The Hall–Kier alpha value is -4.14. The molecule has 0 unspecified atom stereocenters. The number of fused-ring (bicyclic) bond motifs is 1. The van der Waals surface area contributed by atoms with Crippen molar-refractivity contribution in [3.8, 4) is 11.8 Å². The van der Waals surface area contributed by atoms with Crippen LogP contribution < -0.4 is 10.1 Å². The molecule has 0 spiro atoms. The lowest BCUT2D eigenvalue weighted by atomic mass is 10.0. The highest BCUT2D eigenvalue weighted by atomic mass is 35.5. The molecular weight excluding hydrogens is 451 g/mol. The predicted octanol–water partition coefficient (Wildman–Crippen LogP) is 7.07. The number of aryl methyl sites for hydroxylation is 1. The fraction of sp³-hybridized carbons (Fsp3) is 0.0714. The number of nitrogens with one attached hydrogen (secondary N) is 1. The van der Waals surface area contributed by atoms with Gasteiger partial charge in [0.25, 0.3) is 5.91 Å². The second-order valence-corrected chi connectivity index (χ2v) is 8.07. The van der Waals surface area contributed by atoms with Gasteiger partial charge in [-0.05, 0) is 53.6 Å². The van der Waals surface area contributed by atoms with E-state index in [-0.39, 0.29) is 18.0 Å². The zero-order valence-corrected chi connectivity index (χ0v) is 19.1. The molecule has 0 bridgehead atoms. The third kappa shape index (κ3) is 5.09. The summed E-state index contributed by atoms with van der Waals surface area (Å²) in [5.41, 5.74) is 2.21. The fourth-order valence-corrected chi connectivity index (χ4v) is 3.66. The monoisotopic (exact) mass is 470 g/mol. The van der Waals surface area contributed by atoms with Gasteiger partial charge in [0.1, 0.15) is 29.8 Å². The number of carbonyl (C=O) groups is 1. The topological polar surface area (TPSA) is 62.1 Å². The first-order valence-electron chi connectivity index (χ1n) is 10.5. The van der Waals surface area contributed by atoms with Crippen LogP contribution in [0.3, 0.4) is 0 Å². The van der Waals surface area contributed by atoms with Crippen molar-refractivity contribution >= 4 is 40.0 Å². The van der Waals surface area contributed by atoms with Gasteiger partial charge in [0, 0.05) is 21.8 Å². The fourth-order valence-electron chi connectivity index (χ4n) is 3.48. The van der Waals surface area contributed by atoms with Crippen molar-refractivity contribution in [2.24, 2.45) is 0 Å². The highest BCUT2D eigenvalue weighted by Crippen LogP contribution is 2.31. The van der Waals surface area contributed by atoms with Gasteiger partial charge in [-0.2, -0.15) is 5.26 Å². The number of carbonyl (C=O) groups excluding carboxylic acids is 1. The summed E-state index contributed by atoms with van der Waals surface area (Å²) < 4.78 is 20.0. The summed E-state index contributed by atoms with van der Waals surface area (Å²) in [6.45, 7) is 1.86. The van der Waals surface area contributed by atoms with Gasteiger partial charge < -0.3 is 10.1 Å². The number of rotatable bonds is 6. The van der Waals surface area contributed by atoms with E-state index in [2.05, 4.69) is 5.32 Å². The molecule has 0 aromatic heterocycles. The second-order valence-electron chi connectivity index (χ2n) is 7.67. The number of anilines is 1. The van der Waals surface area contributed by atoms with Gasteiger partial charge in [-0.3, -0.25) is 4.79 Å². The normalized spacial score (nSPS) is 11.2. The molecule has 4 nitrogen and oxygen atoms in total. The van der Waals surface area contributed by atoms with E-state index >= 15 is 0 Å². The molecule has 34 heavy (non-hydrogen) atoms. The number of ether oxygens (including phenoxy) is 1. The van der Waals surface area contributed by atoms with E-state index in [9.17, 15) is 14.4 Å². The van der Waals surface area contributed by atoms with Crippen LogP contribution >= 0.6 is 11.6 Å². The Balaban J connectivity index is 1.70. The van der Waals surface area contributed by atoms with Crippen LogP contribution in [0.25, 0.3) is 16.8 Å². The van der Waals surface area contributed by atoms with Gasteiger partial charge in [0.05, 0.1) is 0 Å². The van der Waals surface area contributed by atoms with Crippen molar-refractivity contribution in [1.29, 1.82) is 5.26 Å². The summed E-state index contributed by atoms with van der Waals surface area (Å²) in [4.78, 5) is 12.9. The highest BCUT2D eigenvalue weighted by molar-refractivity contribution is 6.31. The average molecular weight is 471 g/mol. The van der Waals surface area contributed by atoms with Crippen molar-refractivity contribution in [3.05, 3.63) is 112 Å². The number of hydrogen-bond donors (Lipinski definition) is 1. The van der Waals surface area contributed by atoms with Crippen LogP contribution in [0.4, 0.5) is 10.1 Å². The van der Waals surface area contributed by atoms with Crippen molar-refractivity contribution in [3.63, 3.8) is 0 Å². The molecule has 0 fully saturated rings. The quantitative estimate of drug-likeness (QED) is 0.242. The average Bonchev–Trinajstić information content (AvgIpc) is 2.84. The molecule has 1 amide bonds. The summed E-state index contributed by atoms with van der Waals surface area (Å²) in [5.74, 6) is -0.509. The SMILES string of the molecule is Cc1ccc(NC(=O)/C(C#N)=C/c2c(OCc3ccccc3F)ccc3ccccc23)cc1Cl. The maximum atomic E-state index is 14.1. The molecule has 4 aromatic carbocycles. The third-order valence-electron chi connectivity index (χ3n) is 5.36. The van der Waals surface area contributed by atoms with E-state index in [4.69, 9.17) is 16.3 Å². The van der Waals surface area contributed by atoms with E-state index in [0.717, 1.165) is 16.3 Å². The molecule has 1 N–H and O–H groups in total. The van der Waals surface area contributed by atoms with Crippen LogP contribution in [-0.2, 0) is 11.4 Å². The molecular formula is C28H20ClFN2O2. The summed E-state index contributed by atoms with van der Waals surface area (Å²) in [7, 11) is 0. The summed E-state index contributed by atoms with van der Waals surface area (Å²) in [6.07, 6.45) is 1.49. The highest BCUT2D eigenvalue weighted by Gasteiger charge is 2.15. The number of benzene rings is 4. The molecule has 0 aliphatic carbocycles. The van der Waals surface area contributed by atoms with E-state index in [0.29, 0.717) is 27.6 Å². The third-order valence-corrected chi connectivity index (χ3v) is 5.76. The summed E-state index contributed by atoms with van der Waals surface area (Å²) in [5, 5.41) is 14.7. The number of nitrogens with zero attached hydrogens (tertiary/aromatic N) is 1. The van der Waals surface area contributed by atoms with Crippen molar-refractivity contribution in [2.45, 2.75) is 13.5 Å². The van der Waals surface area contributed by atoms with Crippen LogP contribution in [0.5, 0.6) is 5.75 Å². The molecule has 0 aliphatic rings. The Morgan fingerprint density at radius 1 is 1.09 bits per heavy atom. The maximum Gasteiger partial charge on any atom is 0.266 e. The molecule has 168 valence electrons.